The molecule has 0 unspecified atom stereocenters. The average molecular weight is 533 g/mol. The average Bonchev–Trinajstić information content (AvgIpc) is 3.34. The lowest BCUT2D eigenvalue weighted by Gasteiger charge is -2.33. The molecule has 1 spiro atoms. The number of rotatable bonds is 8. The molecule has 6 nitrogen and oxygen atoms in total. The van der Waals surface area contributed by atoms with Crippen molar-refractivity contribution in [2.24, 2.45) is 4.99 Å². The molecule has 0 radical (unpaired) electrons. The first-order chi connectivity index (χ1) is 19.7. The lowest BCUT2D eigenvalue weighted by molar-refractivity contribution is -0.140. The van der Waals surface area contributed by atoms with E-state index in [2.05, 4.69) is 24.3 Å². The highest BCUT2D eigenvalue weighted by Crippen LogP contribution is 2.45. The monoisotopic (exact) mass is 532 g/mol. The first-order valence-electron chi connectivity index (χ1n) is 13.7. The number of fused-ring (bicyclic) bond motifs is 1. The number of carbonyl (C=O) groups excluding carboxylic acids is 1. The third-order valence-corrected chi connectivity index (χ3v) is 7.55. The number of ether oxygens (including phenoxy) is 2. The van der Waals surface area contributed by atoms with Gasteiger partial charge in [-0.25, -0.2) is 4.99 Å². The molecule has 1 N–H and O–H groups in total. The molecule has 4 aromatic carbocycles. The minimum absolute atomic E-state index is 0.0413. The van der Waals surface area contributed by atoms with Gasteiger partial charge in [0, 0.05) is 38.1 Å². The van der Waals surface area contributed by atoms with Crippen molar-refractivity contribution in [3.63, 3.8) is 0 Å². The lowest BCUT2D eigenvalue weighted by atomic mass is 9.82. The Balaban J connectivity index is 1.43. The van der Waals surface area contributed by atoms with Crippen molar-refractivity contribution in [1.29, 1.82) is 0 Å². The summed E-state index contributed by atoms with van der Waals surface area (Å²) in [5.74, 6) is 1.11. The number of aliphatic hydroxyl groups is 1. The van der Waals surface area contributed by atoms with Gasteiger partial charge in [-0.15, -0.1) is 0 Å². The van der Waals surface area contributed by atoms with Gasteiger partial charge in [0.15, 0.2) is 11.6 Å². The molecule has 0 aliphatic carbocycles. The fourth-order valence-corrected chi connectivity index (χ4v) is 5.55. The van der Waals surface area contributed by atoms with Crippen LogP contribution in [-0.2, 0) is 29.0 Å². The summed E-state index contributed by atoms with van der Waals surface area (Å²) in [5.41, 5.74) is 3.84. The molecule has 2 heterocycles. The number of carbonyl (C=O) groups is 1. The Morgan fingerprint density at radius 3 is 2.27 bits per heavy atom. The third kappa shape index (κ3) is 5.10. The van der Waals surface area contributed by atoms with Gasteiger partial charge < -0.3 is 19.5 Å². The normalized spacial score (nSPS) is 20.0. The van der Waals surface area contributed by atoms with E-state index in [-0.39, 0.29) is 12.5 Å². The largest absolute Gasteiger partial charge is 0.494 e. The summed E-state index contributed by atoms with van der Waals surface area (Å²) in [7, 11) is 0. The second-order valence-corrected chi connectivity index (χ2v) is 10.3. The van der Waals surface area contributed by atoms with Crippen LogP contribution < -0.4 is 4.74 Å². The molecule has 0 aromatic heterocycles. The van der Waals surface area contributed by atoms with E-state index < -0.39 is 11.6 Å². The molecule has 1 amide bonds. The van der Waals surface area contributed by atoms with E-state index in [1.165, 1.54) is 0 Å². The Kier molecular flexibility index (Phi) is 7.34. The smallest absolute Gasteiger partial charge is 0.255 e. The first kappa shape index (κ1) is 25.8. The first-order valence-corrected chi connectivity index (χ1v) is 13.7. The van der Waals surface area contributed by atoms with Crippen LogP contribution in [0.3, 0.4) is 0 Å². The van der Waals surface area contributed by atoms with Crippen molar-refractivity contribution in [2.45, 2.75) is 37.6 Å². The maximum Gasteiger partial charge on any atom is 0.255 e. The molecular formula is C34H32N2O4. The van der Waals surface area contributed by atoms with Crippen molar-refractivity contribution in [2.75, 3.05) is 13.2 Å². The summed E-state index contributed by atoms with van der Waals surface area (Å²) in [6.07, 6.45) is 0.432. The molecule has 202 valence electrons. The zero-order valence-corrected chi connectivity index (χ0v) is 22.3. The highest BCUT2D eigenvalue weighted by Gasteiger charge is 2.56. The van der Waals surface area contributed by atoms with E-state index in [9.17, 15) is 4.79 Å². The maximum atomic E-state index is 14.7. The molecule has 2 atom stereocenters. The number of hydrogen-bond acceptors (Lipinski definition) is 5. The molecule has 0 fully saturated rings. The number of aliphatic hydroxyl groups excluding tert-OH is 1. The summed E-state index contributed by atoms with van der Waals surface area (Å²) in [4.78, 5) is 21.8. The predicted octanol–water partition coefficient (Wildman–Crippen LogP) is 5.49. The molecule has 2 aliphatic rings. The highest BCUT2D eigenvalue weighted by atomic mass is 16.5. The Morgan fingerprint density at radius 2 is 1.55 bits per heavy atom. The predicted molar refractivity (Wildman–Crippen MR) is 154 cm³/mol. The van der Waals surface area contributed by atoms with Crippen LogP contribution in [0, 0.1) is 0 Å². The Morgan fingerprint density at radius 1 is 0.875 bits per heavy atom. The topological polar surface area (TPSA) is 71.4 Å². The van der Waals surface area contributed by atoms with Crippen LogP contribution in [0.4, 0.5) is 0 Å². The molecule has 6 heteroatoms. The summed E-state index contributed by atoms with van der Waals surface area (Å²) in [6.45, 7) is 1.53. The lowest BCUT2D eigenvalue weighted by Crippen LogP contribution is -2.49. The highest BCUT2D eigenvalue weighted by molar-refractivity contribution is 6.01. The van der Waals surface area contributed by atoms with Crippen LogP contribution >= 0.6 is 0 Å². The fourth-order valence-electron chi connectivity index (χ4n) is 5.55. The Bertz CT molecular complexity index is 1490. The van der Waals surface area contributed by atoms with Crippen LogP contribution in [0.5, 0.6) is 5.75 Å². The third-order valence-electron chi connectivity index (χ3n) is 7.55. The summed E-state index contributed by atoms with van der Waals surface area (Å²) in [6, 6.07) is 35.8. The summed E-state index contributed by atoms with van der Waals surface area (Å²) >= 11 is 0. The molecule has 0 bridgehead atoms. The Labute approximate surface area is 234 Å². The Hall–Kier alpha value is -4.42. The van der Waals surface area contributed by atoms with Gasteiger partial charge in [-0.3, -0.25) is 4.79 Å². The number of amides is 1. The van der Waals surface area contributed by atoms with Crippen molar-refractivity contribution in [3.8, 4) is 5.75 Å². The molecule has 6 rings (SSSR count). The van der Waals surface area contributed by atoms with Gasteiger partial charge in [-0.2, -0.15) is 0 Å². The van der Waals surface area contributed by atoms with E-state index in [0.717, 1.165) is 27.8 Å². The SMILES string of the molecule is O=C1N(Cc2ccccc2)Cc2ccccc2C[C@]12N=C(c1ccc(OCCCO)cc1)O[C@@H]2c1ccccc1. The van der Waals surface area contributed by atoms with Crippen LogP contribution in [0.2, 0.25) is 0 Å². The minimum atomic E-state index is -1.16. The van der Waals surface area contributed by atoms with Crippen LogP contribution in [-0.4, -0.2) is 40.6 Å². The zero-order valence-electron chi connectivity index (χ0n) is 22.3. The number of benzene rings is 4. The van der Waals surface area contributed by atoms with E-state index in [1.807, 2.05) is 89.8 Å². The van der Waals surface area contributed by atoms with Crippen LogP contribution in [0.15, 0.2) is 114 Å². The fraction of sp³-hybridized carbons (Fsp3) is 0.235. The molecule has 40 heavy (non-hydrogen) atoms. The second-order valence-electron chi connectivity index (χ2n) is 10.3. The number of hydrogen-bond donors (Lipinski definition) is 1. The van der Waals surface area contributed by atoms with Gasteiger partial charge in [-0.1, -0.05) is 84.9 Å². The van der Waals surface area contributed by atoms with Gasteiger partial charge in [0.25, 0.3) is 5.91 Å². The number of aliphatic imine (C=N–C) groups is 1. The maximum absolute atomic E-state index is 14.7. The van der Waals surface area contributed by atoms with Crippen molar-refractivity contribution < 1.29 is 19.4 Å². The van der Waals surface area contributed by atoms with Gasteiger partial charge in [0.05, 0.1) is 6.61 Å². The van der Waals surface area contributed by atoms with Gasteiger partial charge in [0.2, 0.25) is 5.90 Å². The molecule has 0 saturated carbocycles. The standard InChI is InChI=1S/C34H32N2O4/c37-20-9-21-39-30-18-16-27(17-19-30)32-35-34(31(40-32)26-12-5-2-6-13-26)22-28-14-7-8-15-29(28)24-36(33(34)38)23-25-10-3-1-4-11-25/h1-8,10-19,31,37H,9,20-24H2/t31-,34-/m1/s1. The van der Waals surface area contributed by atoms with Crippen LogP contribution in [0.25, 0.3) is 0 Å². The van der Waals surface area contributed by atoms with E-state index in [4.69, 9.17) is 19.6 Å². The molecular weight excluding hydrogens is 500 g/mol. The van der Waals surface area contributed by atoms with Crippen molar-refractivity contribution in [3.05, 3.63) is 137 Å². The molecule has 0 saturated heterocycles. The van der Waals surface area contributed by atoms with Crippen molar-refractivity contribution >= 4 is 11.8 Å². The van der Waals surface area contributed by atoms with Crippen molar-refractivity contribution in [1.82, 2.24) is 4.90 Å². The van der Waals surface area contributed by atoms with E-state index in [0.29, 0.717) is 44.2 Å². The summed E-state index contributed by atoms with van der Waals surface area (Å²) in [5, 5.41) is 9.03. The summed E-state index contributed by atoms with van der Waals surface area (Å²) < 4.78 is 12.3. The van der Waals surface area contributed by atoms with Gasteiger partial charge >= 0.3 is 0 Å². The van der Waals surface area contributed by atoms with Gasteiger partial charge in [0.1, 0.15) is 5.75 Å². The van der Waals surface area contributed by atoms with Gasteiger partial charge in [-0.05, 0) is 46.5 Å². The second kappa shape index (κ2) is 11.4. The minimum Gasteiger partial charge on any atom is -0.494 e. The van der Waals surface area contributed by atoms with E-state index in [1.54, 1.807) is 0 Å². The number of nitrogens with zero attached hydrogens (tertiary/aromatic N) is 2. The molecule has 4 aromatic rings. The zero-order chi connectivity index (χ0) is 27.4. The van der Waals surface area contributed by atoms with Crippen LogP contribution in [0.1, 0.15) is 40.3 Å². The quantitative estimate of drug-likeness (QED) is 0.305. The molecule has 2 aliphatic heterocycles. The van der Waals surface area contributed by atoms with E-state index >= 15 is 0 Å².